The van der Waals surface area contributed by atoms with Crippen molar-refractivity contribution in [1.29, 1.82) is 0 Å². The highest BCUT2D eigenvalue weighted by atomic mass is 32.2. The van der Waals surface area contributed by atoms with E-state index in [4.69, 9.17) is 0 Å². The largest absolute Gasteiger partial charge is 0.379 e. The summed E-state index contributed by atoms with van der Waals surface area (Å²) in [6.45, 7) is 2.47. The predicted octanol–water partition coefficient (Wildman–Crippen LogP) is 1.25. The third-order valence-corrected chi connectivity index (χ3v) is 4.42. The van der Waals surface area contributed by atoms with Gasteiger partial charge in [0.1, 0.15) is 0 Å². The Morgan fingerprint density at radius 1 is 1.35 bits per heavy atom. The Morgan fingerprint density at radius 2 is 2.10 bits per heavy atom. The van der Waals surface area contributed by atoms with Crippen LogP contribution in [0.2, 0.25) is 0 Å². The van der Waals surface area contributed by atoms with Crippen LogP contribution >= 0.6 is 0 Å². The lowest BCUT2D eigenvalue weighted by Crippen LogP contribution is -2.18. The number of anilines is 1. The average Bonchev–Trinajstić information content (AvgIpc) is 2.83. The van der Waals surface area contributed by atoms with Gasteiger partial charge in [0.25, 0.3) is 0 Å². The Bertz CT molecular complexity index is 707. The van der Waals surface area contributed by atoms with Gasteiger partial charge in [-0.05, 0) is 31.7 Å². The molecule has 0 aliphatic heterocycles. The minimum absolute atomic E-state index is 0.245. The van der Waals surface area contributed by atoms with E-state index in [1.54, 1.807) is 24.5 Å². The monoisotopic (exact) mass is 294 g/mol. The fourth-order valence-corrected chi connectivity index (χ4v) is 2.58. The molecule has 0 bridgehead atoms. The maximum absolute atomic E-state index is 11.8. The second-order valence-corrected chi connectivity index (χ2v) is 6.45. The van der Waals surface area contributed by atoms with Gasteiger partial charge in [-0.2, -0.15) is 0 Å². The number of sulfonamides is 1. The van der Waals surface area contributed by atoms with E-state index in [0.717, 1.165) is 16.9 Å². The molecule has 6 nitrogen and oxygen atoms in total. The van der Waals surface area contributed by atoms with Crippen LogP contribution in [0.4, 0.5) is 5.69 Å². The van der Waals surface area contributed by atoms with Crippen LogP contribution in [-0.4, -0.2) is 25.0 Å². The summed E-state index contributed by atoms with van der Waals surface area (Å²) in [6, 6.07) is 5.00. The highest BCUT2D eigenvalue weighted by molar-refractivity contribution is 7.89. The number of imidazole rings is 1. The summed E-state index contributed by atoms with van der Waals surface area (Å²) in [5, 5.41) is 3.21. The number of benzene rings is 1. The summed E-state index contributed by atoms with van der Waals surface area (Å²) >= 11 is 0. The van der Waals surface area contributed by atoms with Gasteiger partial charge >= 0.3 is 0 Å². The zero-order valence-corrected chi connectivity index (χ0v) is 12.5. The molecular formula is C13H18N4O2S. The van der Waals surface area contributed by atoms with E-state index >= 15 is 0 Å². The maximum atomic E-state index is 11.8. The van der Waals surface area contributed by atoms with Gasteiger partial charge in [-0.1, -0.05) is 6.07 Å². The normalized spacial score (nSPS) is 11.6. The van der Waals surface area contributed by atoms with Gasteiger partial charge in [-0.3, -0.25) is 0 Å². The Balaban J connectivity index is 2.21. The number of hydrogen-bond acceptors (Lipinski definition) is 4. The topological polar surface area (TPSA) is 76.0 Å². The van der Waals surface area contributed by atoms with Gasteiger partial charge < -0.3 is 9.88 Å². The highest BCUT2D eigenvalue weighted by Crippen LogP contribution is 2.20. The summed E-state index contributed by atoms with van der Waals surface area (Å²) in [5.41, 5.74) is 2.66. The van der Waals surface area contributed by atoms with Gasteiger partial charge in [-0.25, -0.2) is 18.1 Å². The summed E-state index contributed by atoms with van der Waals surface area (Å²) in [4.78, 5) is 4.46. The fraction of sp³-hybridized carbons (Fsp3) is 0.308. The van der Waals surface area contributed by atoms with Crippen molar-refractivity contribution in [2.75, 3.05) is 12.4 Å². The van der Waals surface area contributed by atoms with E-state index < -0.39 is 10.0 Å². The Labute approximate surface area is 118 Å². The summed E-state index contributed by atoms with van der Waals surface area (Å²) in [5.74, 6) is 0. The smallest absolute Gasteiger partial charge is 0.240 e. The maximum Gasteiger partial charge on any atom is 0.240 e. The average molecular weight is 294 g/mol. The lowest BCUT2D eigenvalue weighted by Gasteiger charge is -2.11. The molecule has 0 unspecified atom stereocenters. The lowest BCUT2D eigenvalue weighted by atomic mass is 10.2. The first kappa shape index (κ1) is 14.5. The van der Waals surface area contributed by atoms with E-state index in [0.29, 0.717) is 6.54 Å². The van der Waals surface area contributed by atoms with E-state index in [2.05, 4.69) is 15.0 Å². The lowest BCUT2D eigenvalue weighted by molar-refractivity contribution is 0.588. The van der Waals surface area contributed by atoms with Gasteiger partial charge in [0, 0.05) is 18.9 Å². The molecule has 0 spiro atoms. The number of rotatable bonds is 5. The molecule has 0 radical (unpaired) electrons. The standard InChI is InChI=1S/C13H18N4O2S/c1-10-4-5-12(20(18,19)14-2)6-13(10)15-7-11-8-17(3)9-16-11/h4-6,8-9,14-15H,7H2,1-3H3. The van der Waals surface area contributed by atoms with Crippen molar-refractivity contribution >= 4 is 15.7 Å². The second-order valence-electron chi connectivity index (χ2n) is 4.57. The molecule has 0 saturated carbocycles. The molecule has 1 heterocycles. The first-order chi connectivity index (χ1) is 9.42. The Morgan fingerprint density at radius 3 is 2.70 bits per heavy atom. The fourth-order valence-electron chi connectivity index (χ4n) is 1.82. The van der Waals surface area contributed by atoms with Crippen molar-refractivity contribution < 1.29 is 8.42 Å². The van der Waals surface area contributed by atoms with Gasteiger partial charge in [0.05, 0.1) is 23.5 Å². The van der Waals surface area contributed by atoms with E-state index in [1.165, 1.54) is 7.05 Å². The van der Waals surface area contributed by atoms with Crippen LogP contribution in [-0.2, 0) is 23.6 Å². The molecule has 1 aromatic carbocycles. The molecule has 7 heteroatoms. The van der Waals surface area contributed by atoms with Gasteiger partial charge in [0.2, 0.25) is 10.0 Å². The molecule has 1 aromatic heterocycles. The summed E-state index contributed by atoms with van der Waals surface area (Å²) in [7, 11) is -0.122. The molecule has 0 fully saturated rings. The quantitative estimate of drug-likeness (QED) is 0.870. The van der Waals surface area contributed by atoms with Crippen LogP contribution in [0.15, 0.2) is 35.6 Å². The minimum Gasteiger partial charge on any atom is -0.379 e. The zero-order chi connectivity index (χ0) is 14.8. The summed E-state index contributed by atoms with van der Waals surface area (Å²) in [6.07, 6.45) is 3.64. The highest BCUT2D eigenvalue weighted by Gasteiger charge is 2.12. The van der Waals surface area contributed by atoms with Crippen LogP contribution in [0.3, 0.4) is 0 Å². The van der Waals surface area contributed by atoms with Crippen LogP contribution in [0.5, 0.6) is 0 Å². The van der Waals surface area contributed by atoms with Crippen LogP contribution in [0, 0.1) is 6.92 Å². The molecule has 2 aromatic rings. The molecule has 0 amide bonds. The molecule has 20 heavy (non-hydrogen) atoms. The number of aromatic nitrogens is 2. The number of aryl methyl sites for hydroxylation is 2. The molecule has 108 valence electrons. The van der Waals surface area contributed by atoms with Crippen molar-refractivity contribution in [1.82, 2.24) is 14.3 Å². The molecule has 0 saturated heterocycles. The molecule has 2 rings (SSSR count). The Hall–Kier alpha value is -1.86. The first-order valence-corrected chi connectivity index (χ1v) is 7.65. The summed E-state index contributed by atoms with van der Waals surface area (Å²) < 4.78 is 27.8. The molecular weight excluding hydrogens is 276 g/mol. The van der Waals surface area contributed by atoms with E-state index in [-0.39, 0.29) is 4.90 Å². The Kier molecular flexibility index (Phi) is 4.10. The van der Waals surface area contributed by atoms with Crippen molar-refractivity contribution in [2.45, 2.75) is 18.4 Å². The van der Waals surface area contributed by atoms with Crippen LogP contribution < -0.4 is 10.0 Å². The molecule has 0 atom stereocenters. The van der Waals surface area contributed by atoms with Crippen LogP contribution in [0.25, 0.3) is 0 Å². The number of nitrogens with zero attached hydrogens (tertiary/aromatic N) is 2. The second kappa shape index (κ2) is 5.64. The molecule has 2 N–H and O–H groups in total. The van der Waals surface area contributed by atoms with Gasteiger partial charge in [-0.15, -0.1) is 0 Å². The third kappa shape index (κ3) is 3.17. The number of nitrogens with one attached hydrogen (secondary N) is 2. The number of hydrogen-bond donors (Lipinski definition) is 2. The van der Waals surface area contributed by atoms with Crippen molar-refractivity contribution in [3.05, 3.63) is 42.0 Å². The van der Waals surface area contributed by atoms with Gasteiger partial charge in [0.15, 0.2) is 0 Å². The predicted molar refractivity (Wildman–Crippen MR) is 78.0 cm³/mol. The van der Waals surface area contributed by atoms with Crippen molar-refractivity contribution in [3.63, 3.8) is 0 Å². The van der Waals surface area contributed by atoms with E-state index in [1.807, 2.05) is 24.7 Å². The zero-order valence-electron chi connectivity index (χ0n) is 11.7. The molecule has 0 aliphatic rings. The van der Waals surface area contributed by atoms with Crippen LogP contribution in [0.1, 0.15) is 11.3 Å². The van der Waals surface area contributed by atoms with Crippen molar-refractivity contribution in [3.8, 4) is 0 Å². The SMILES string of the molecule is CNS(=O)(=O)c1ccc(C)c(NCc2cn(C)cn2)c1. The molecule has 0 aliphatic carbocycles. The van der Waals surface area contributed by atoms with Crippen molar-refractivity contribution in [2.24, 2.45) is 7.05 Å². The minimum atomic E-state index is -3.43. The first-order valence-electron chi connectivity index (χ1n) is 6.17. The van der Waals surface area contributed by atoms with E-state index in [9.17, 15) is 8.42 Å². The third-order valence-electron chi connectivity index (χ3n) is 3.01.